The molecule has 3 heteroatoms. The molecule has 2 aliphatic rings. The van der Waals surface area contributed by atoms with Gasteiger partial charge in [0.2, 0.25) is 0 Å². The first-order chi connectivity index (χ1) is 7.34. The first-order valence-corrected chi connectivity index (χ1v) is 5.54. The van der Waals surface area contributed by atoms with E-state index in [-0.39, 0.29) is 0 Å². The first-order valence-electron chi connectivity index (χ1n) is 5.54. The van der Waals surface area contributed by atoms with Crippen LogP contribution in [0.4, 0.5) is 0 Å². The second kappa shape index (κ2) is 3.42. The zero-order valence-corrected chi connectivity index (χ0v) is 8.65. The molecule has 0 bridgehead atoms. The van der Waals surface area contributed by atoms with Crippen molar-refractivity contribution in [3.8, 4) is 11.5 Å². The van der Waals surface area contributed by atoms with Crippen molar-refractivity contribution in [2.24, 2.45) is 0 Å². The van der Waals surface area contributed by atoms with Crippen LogP contribution in [-0.2, 0) is 0 Å². The van der Waals surface area contributed by atoms with Gasteiger partial charge in [-0.1, -0.05) is 0 Å². The number of phenolic OH excluding ortho intramolecular Hbond substituents is 1. The Bertz CT molecular complexity index is 374. The lowest BCUT2D eigenvalue weighted by Crippen LogP contribution is -2.41. The lowest BCUT2D eigenvalue weighted by atomic mass is 9.96. The average molecular weight is 205 g/mol. The number of aromatic hydroxyl groups is 1. The number of benzene rings is 1. The van der Waals surface area contributed by atoms with Gasteiger partial charge in [-0.25, -0.2) is 0 Å². The van der Waals surface area contributed by atoms with E-state index in [2.05, 4.69) is 4.90 Å². The first kappa shape index (κ1) is 9.04. The van der Waals surface area contributed by atoms with Crippen molar-refractivity contribution in [3.05, 3.63) is 23.8 Å². The molecule has 0 radical (unpaired) electrons. The molecule has 1 aromatic carbocycles. The van der Waals surface area contributed by atoms with Crippen molar-refractivity contribution >= 4 is 0 Å². The predicted molar refractivity (Wildman–Crippen MR) is 57.1 cm³/mol. The van der Waals surface area contributed by atoms with Crippen LogP contribution in [0.3, 0.4) is 0 Å². The number of phenols is 1. The van der Waals surface area contributed by atoms with E-state index in [1.54, 1.807) is 6.07 Å². The Kier molecular flexibility index (Phi) is 2.06. The van der Waals surface area contributed by atoms with Crippen molar-refractivity contribution in [3.63, 3.8) is 0 Å². The quantitative estimate of drug-likeness (QED) is 0.760. The predicted octanol–water partition coefficient (Wildman–Crippen LogP) is 1.92. The van der Waals surface area contributed by atoms with Crippen LogP contribution in [0.2, 0.25) is 0 Å². The summed E-state index contributed by atoms with van der Waals surface area (Å²) in [7, 11) is 0. The van der Waals surface area contributed by atoms with Gasteiger partial charge >= 0.3 is 0 Å². The molecule has 1 aromatic rings. The number of ether oxygens (including phenoxy) is 1. The standard InChI is InChI=1S/C12H15NO2/c14-9-2-3-12-10(8-9)11(4-7-15-12)13-5-1-6-13/h2-3,8,11,14H,1,4-7H2. The summed E-state index contributed by atoms with van der Waals surface area (Å²) in [5.41, 5.74) is 1.15. The topological polar surface area (TPSA) is 32.7 Å². The molecule has 1 saturated heterocycles. The number of fused-ring (bicyclic) bond motifs is 1. The third-order valence-electron chi connectivity index (χ3n) is 3.33. The third kappa shape index (κ3) is 1.47. The average Bonchev–Trinajstić information content (AvgIpc) is 2.16. The van der Waals surface area contributed by atoms with Crippen LogP contribution >= 0.6 is 0 Å². The van der Waals surface area contributed by atoms with E-state index in [0.717, 1.165) is 24.3 Å². The minimum Gasteiger partial charge on any atom is -0.508 e. The van der Waals surface area contributed by atoms with E-state index < -0.39 is 0 Å². The highest BCUT2D eigenvalue weighted by molar-refractivity contribution is 5.43. The summed E-state index contributed by atoms with van der Waals surface area (Å²) in [6.45, 7) is 3.15. The Labute approximate surface area is 89.3 Å². The summed E-state index contributed by atoms with van der Waals surface area (Å²) in [6, 6.07) is 5.86. The van der Waals surface area contributed by atoms with Gasteiger partial charge in [-0.2, -0.15) is 0 Å². The Morgan fingerprint density at radius 1 is 1.33 bits per heavy atom. The highest BCUT2D eigenvalue weighted by Gasteiger charge is 2.30. The van der Waals surface area contributed by atoms with Gasteiger partial charge in [-0.3, -0.25) is 4.90 Å². The number of hydrogen-bond acceptors (Lipinski definition) is 3. The highest BCUT2D eigenvalue weighted by atomic mass is 16.5. The van der Waals surface area contributed by atoms with Gasteiger partial charge in [-0.15, -0.1) is 0 Å². The molecule has 2 heterocycles. The van der Waals surface area contributed by atoms with E-state index in [1.165, 1.54) is 19.5 Å². The molecule has 0 saturated carbocycles. The molecule has 3 rings (SSSR count). The Morgan fingerprint density at radius 2 is 2.20 bits per heavy atom. The highest BCUT2D eigenvalue weighted by Crippen LogP contribution is 2.39. The summed E-state index contributed by atoms with van der Waals surface area (Å²) in [6.07, 6.45) is 2.34. The Morgan fingerprint density at radius 3 is 2.93 bits per heavy atom. The second-order valence-corrected chi connectivity index (χ2v) is 4.26. The zero-order valence-electron chi connectivity index (χ0n) is 8.65. The minimum absolute atomic E-state index is 0.338. The Hall–Kier alpha value is -1.22. The molecule has 1 unspecified atom stereocenters. The summed E-state index contributed by atoms with van der Waals surface area (Å²) in [5, 5.41) is 9.50. The van der Waals surface area contributed by atoms with E-state index in [4.69, 9.17) is 4.74 Å². The summed E-state index contributed by atoms with van der Waals surface area (Å²) >= 11 is 0. The van der Waals surface area contributed by atoms with Gasteiger partial charge in [0.15, 0.2) is 0 Å². The fraction of sp³-hybridized carbons (Fsp3) is 0.500. The molecule has 1 fully saturated rings. The minimum atomic E-state index is 0.338. The summed E-state index contributed by atoms with van der Waals surface area (Å²) in [4.78, 5) is 2.46. The molecule has 1 N–H and O–H groups in total. The van der Waals surface area contributed by atoms with Crippen LogP contribution in [0.5, 0.6) is 11.5 Å². The normalized spacial score (nSPS) is 25.2. The SMILES string of the molecule is Oc1ccc2c(c1)C(N1CCC1)CCO2. The maximum atomic E-state index is 9.50. The smallest absolute Gasteiger partial charge is 0.124 e. The molecule has 0 aliphatic carbocycles. The molecule has 0 amide bonds. The summed E-state index contributed by atoms with van der Waals surface area (Å²) in [5.74, 6) is 1.28. The van der Waals surface area contributed by atoms with E-state index in [9.17, 15) is 5.11 Å². The second-order valence-electron chi connectivity index (χ2n) is 4.26. The van der Waals surface area contributed by atoms with Crippen molar-refractivity contribution < 1.29 is 9.84 Å². The van der Waals surface area contributed by atoms with Crippen molar-refractivity contribution in [2.45, 2.75) is 18.9 Å². The molecule has 80 valence electrons. The molecule has 1 atom stereocenters. The number of rotatable bonds is 1. The van der Waals surface area contributed by atoms with E-state index >= 15 is 0 Å². The fourth-order valence-corrected chi connectivity index (χ4v) is 2.40. The molecule has 15 heavy (non-hydrogen) atoms. The van der Waals surface area contributed by atoms with Gasteiger partial charge in [-0.05, 0) is 37.7 Å². The number of nitrogens with zero attached hydrogens (tertiary/aromatic N) is 1. The molecular formula is C12H15NO2. The van der Waals surface area contributed by atoms with Gasteiger partial charge in [0.1, 0.15) is 11.5 Å². The van der Waals surface area contributed by atoms with Crippen molar-refractivity contribution in [2.75, 3.05) is 19.7 Å². The van der Waals surface area contributed by atoms with Crippen LogP contribution < -0.4 is 4.74 Å². The van der Waals surface area contributed by atoms with Crippen LogP contribution in [0.15, 0.2) is 18.2 Å². The molecular weight excluding hydrogens is 190 g/mol. The fourth-order valence-electron chi connectivity index (χ4n) is 2.40. The van der Waals surface area contributed by atoms with E-state index in [0.29, 0.717) is 11.8 Å². The molecule has 2 aliphatic heterocycles. The monoisotopic (exact) mass is 205 g/mol. The number of hydrogen-bond donors (Lipinski definition) is 1. The molecule has 0 spiro atoms. The largest absolute Gasteiger partial charge is 0.508 e. The van der Waals surface area contributed by atoms with Gasteiger partial charge in [0, 0.05) is 18.0 Å². The van der Waals surface area contributed by atoms with E-state index in [1.807, 2.05) is 12.1 Å². The lowest BCUT2D eigenvalue weighted by Gasteiger charge is -2.41. The van der Waals surface area contributed by atoms with Crippen molar-refractivity contribution in [1.29, 1.82) is 0 Å². The van der Waals surface area contributed by atoms with Crippen LogP contribution in [0.1, 0.15) is 24.4 Å². The lowest BCUT2D eigenvalue weighted by molar-refractivity contribution is 0.0840. The molecule has 0 aromatic heterocycles. The van der Waals surface area contributed by atoms with Gasteiger partial charge in [0.05, 0.1) is 6.61 Å². The summed E-state index contributed by atoms with van der Waals surface area (Å²) < 4.78 is 5.59. The van der Waals surface area contributed by atoms with Gasteiger partial charge in [0.25, 0.3) is 0 Å². The third-order valence-corrected chi connectivity index (χ3v) is 3.33. The maximum absolute atomic E-state index is 9.50. The zero-order chi connectivity index (χ0) is 10.3. The Balaban J connectivity index is 1.96. The van der Waals surface area contributed by atoms with Crippen LogP contribution in [0.25, 0.3) is 0 Å². The number of likely N-dealkylation sites (tertiary alicyclic amines) is 1. The van der Waals surface area contributed by atoms with Crippen LogP contribution in [-0.4, -0.2) is 29.7 Å². The van der Waals surface area contributed by atoms with Crippen molar-refractivity contribution in [1.82, 2.24) is 4.90 Å². The van der Waals surface area contributed by atoms with Gasteiger partial charge < -0.3 is 9.84 Å². The molecule has 3 nitrogen and oxygen atoms in total. The maximum Gasteiger partial charge on any atom is 0.124 e. The van der Waals surface area contributed by atoms with Crippen LogP contribution in [0, 0.1) is 0 Å².